The molecular formula is C11H17N5O3. The quantitative estimate of drug-likeness (QED) is 0.465. The molecular weight excluding hydrogens is 250 g/mol. The number of carbonyl (C=O) groups excluding carboxylic acids is 2. The van der Waals surface area contributed by atoms with Gasteiger partial charge in [-0.15, -0.1) is 0 Å². The first-order valence-corrected chi connectivity index (χ1v) is 5.59. The molecule has 6 N–H and O–H groups in total. The maximum atomic E-state index is 11.4. The number of hydrogen-bond donors (Lipinski definition) is 4. The lowest BCUT2D eigenvalue weighted by Crippen LogP contribution is -2.32. The second-order valence-corrected chi connectivity index (χ2v) is 3.72. The number of hydrogen-bond acceptors (Lipinski definition) is 6. The average molecular weight is 267 g/mol. The molecule has 0 aliphatic carbocycles. The van der Waals surface area contributed by atoms with E-state index in [2.05, 4.69) is 15.6 Å². The molecule has 8 heteroatoms. The molecule has 0 aromatic carbocycles. The summed E-state index contributed by atoms with van der Waals surface area (Å²) in [5, 5.41) is 5.40. The van der Waals surface area contributed by atoms with Gasteiger partial charge in [-0.25, -0.2) is 4.98 Å². The molecule has 1 aromatic rings. The number of nitrogens with zero attached hydrogens (tertiary/aromatic N) is 1. The van der Waals surface area contributed by atoms with Crippen molar-refractivity contribution in [3.8, 4) is 0 Å². The number of pyridine rings is 1. The smallest absolute Gasteiger partial charge is 0.250 e. The van der Waals surface area contributed by atoms with Crippen LogP contribution in [-0.4, -0.2) is 43.6 Å². The van der Waals surface area contributed by atoms with Crippen LogP contribution in [0, 0.1) is 0 Å². The Hall–Kier alpha value is -2.35. The minimum Gasteiger partial charge on any atom is -0.384 e. The Balaban J connectivity index is 2.57. The van der Waals surface area contributed by atoms with Crippen LogP contribution in [0.25, 0.3) is 0 Å². The topological polar surface area (TPSA) is 132 Å². The summed E-state index contributed by atoms with van der Waals surface area (Å²) >= 11 is 0. The van der Waals surface area contributed by atoms with E-state index in [0.29, 0.717) is 18.8 Å². The highest BCUT2D eigenvalue weighted by Gasteiger charge is 2.10. The van der Waals surface area contributed by atoms with E-state index < -0.39 is 5.91 Å². The lowest BCUT2D eigenvalue weighted by atomic mass is 10.2. The second-order valence-electron chi connectivity index (χ2n) is 3.72. The van der Waals surface area contributed by atoms with Crippen molar-refractivity contribution in [2.24, 2.45) is 5.73 Å². The van der Waals surface area contributed by atoms with Gasteiger partial charge in [0.15, 0.2) is 0 Å². The van der Waals surface area contributed by atoms with Gasteiger partial charge in [0.1, 0.15) is 5.82 Å². The summed E-state index contributed by atoms with van der Waals surface area (Å²) in [5.41, 5.74) is 11.2. The van der Waals surface area contributed by atoms with Crippen molar-refractivity contribution in [1.29, 1.82) is 0 Å². The fourth-order valence-corrected chi connectivity index (χ4v) is 1.35. The van der Waals surface area contributed by atoms with Crippen molar-refractivity contribution in [3.05, 3.63) is 17.8 Å². The molecule has 104 valence electrons. The summed E-state index contributed by atoms with van der Waals surface area (Å²) in [6.45, 7) is 0.844. The molecule has 1 aromatic heterocycles. The number of rotatable bonds is 7. The molecule has 0 aliphatic heterocycles. The number of nitrogen functional groups attached to an aromatic ring is 1. The Kier molecular flexibility index (Phi) is 5.55. The van der Waals surface area contributed by atoms with Crippen LogP contribution < -0.4 is 22.1 Å². The molecule has 1 rings (SSSR count). The van der Waals surface area contributed by atoms with E-state index in [-0.39, 0.29) is 23.8 Å². The molecule has 0 saturated heterocycles. The van der Waals surface area contributed by atoms with Crippen molar-refractivity contribution in [3.63, 3.8) is 0 Å². The fraction of sp³-hybridized carbons (Fsp3) is 0.364. The maximum absolute atomic E-state index is 11.4. The number of aromatic nitrogens is 1. The van der Waals surface area contributed by atoms with Gasteiger partial charge in [-0.05, 0) is 6.07 Å². The summed E-state index contributed by atoms with van der Waals surface area (Å²) in [6, 6.07) is 1.35. The molecule has 2 amide bonds. The number of nitrogens with one attached hydrogen (secondary N) is 2. The van der Waals surface area contributed by atoms with E-state index >= 15 is 0 Å². The lowest BCUT2D eigenvalue weighted by molar-refractivity contribution is -0.119. The molecule has 0 aliphatic rings. The van der Waals surface area contributed by atoms with Gasteiger partial charge >= 0.3 is 0 Å². The van der Waals surface area contributed by atoms with Gasteiger partial charge in [-0.1, -0.05) is 0 Å². The van der Waals surface area contributed by atoms with Crippen molar-refractivity contribution in [1.82, 2.24) is 10.3 Å². The Morgan fingerprint density at radius 3 is 2.84 bits per heavy atom. The van der Waals surface area contributed by atoms with Gasteiger partial charge in [0.05, 0.1) is 30.6 Å². The summed E-state index contributed by atoms with van der Waals surface area (Å²) in [6.07, 6.45) is 1.36. The average Bonchev–Trinajstić information content (AvgIpc) is 2.37. The van der Waals surface area contributed by atoms with E-state index in [1.165, 1.54) is 12.3 Å². The summed E-state index contributed by atoms with van der Waals surface area (Å²) in [7, 11) is 1.55. The highest BCUT2D eigenvalue weighted by molar-refractivity contribution is 5.99. The van der Waals surface area contributed by atoms with Crippen LogP contribution in [0.15, 0.2) is 12.3 Å². The SMILES string of the molecule is COCCNC(=O)CNc1cnc(N)cc1C(N)=O. The third kappa shape index (κ3) is 4.80. The maximum Gasteiger partial charge on any atom is 0.250 e. The number of primary amides is 1. The van der Waals surface area contributed by atoms with E-state index in [0.717, 1.165) is 0 Å². The van der Waals surface area contributed by atoms with Gasteiger partial charge in [0, 0.05) is 13.7 Å². The first-order chi connectivity index (χ1) is 9.04. The van der Waals surface area contributed by atoms with E-state index in [1.54, 1.807) is 7.11 Å². The normalized spacial score (nSPS) is 9.95. The zero-order valence-corrected chi connectivity index (χ0v) is 10.6. The zero-order valence-electron chi connectivity index (χ0n) is 10.6. The molecule has 0 saturated carbocycles. The Morgan fingerprint density at radius 1 is 1.47 bits per heavy atom. The predicted molar refractivity (Wildman–Crippen MR) is 70.5 cm³/mol. The van der Waals surface area contributed by atoms with Gasteiger partial charge in [0.25, 0.3) is 5.91 Å². The molecule has 19 heavy (non-hydrogen) atoms. The van der Waals surface area contributed by atoms with Crippen LogP contribution in [0.2, 0.25) is 0 Å². The van der Waals surface area contributed by atoms with Crippen molar-refractivity contribution in [2.45, 2.75) is 0 Å². The van der Waals surface area contributed by atoms with Crippen LogP contribution in [0.3, 0.4) is 0 Å². The number of amides is 2. The van der Waals surface area contributed by atoms with Gasteiger partial charge in [-0.2, -0.15) is 0 Å². The Bertz CT molecular complexity index is 464. The molecule has 0 fully saturated rings. The third-order valence-corrected chi connectivity index (χ3v) is 2.26. The summed E-state index contributed by atoms with van der Waals surface area (Å²) < 4.78 is 4.80. The highest BCUT2D eigenvalue weighted by atomic mass is 16.5. The van der Waals surface area contributed by atoms with Gasteiger partial charge in [0.2, 0.25) is 5.91 Å². The van der Waals surface area contributed by atoms with Gasteiger partial charge < -0.3 is 26.8 Å². The van der Waals surface area contributed by atoms with Gasteiger partial charge in [-0.3, -0.25) is 9.59 Å². The first kappa shape index (κ1) is 14.7. The molecule has 0 radical (unpaired) electrons. The highest BCUT2D eigenvalue weighted by Crippen LogP contribution is 2.15. The molecule has 0 spiro atoms. The van der Waals surface area contributed by atoms with Crippen molar-refractivity contribution < 1.29 is 14.3 Å². The first-order valence-electron chi connectivity index (χ1n) is 5.59. The van der Waals surface area contributed by atoms with Crippen LogP contribution >= 0.6 is 0 Å². The molecule has 0 bridgehead atoms. The Morgan fingerprint density at radius 2 is 2.21 bits per heavy atom. The molecule has 0 atom stereocenters. The van der Waals surface area contributed by atoms with Crippen LogP contribution in [0.4, 0.5) is 11.5 Å². The fourth-order valence-electron chi connectivity index (χ4n) is 1.35. The van der Waals surface area contributed by atoms with Crippen molar-refractivity contribution in [2.75, 3.05) is 37.9 Å². The van der Waals surface area contributed by atoms with Crippen molar-refractivity contribution >= 4 is 23.3 Å². The van der Waals surface area contributed by atoms with E-state index in [9.17, 15) is 9.59 Å². The summed E-state index contributed by atoms with van der Waals surface area (Å²) in [5.74, 6) is -0.690. The second kappa shape index (κ2) is 7.17. The lowest BCUT2D eigenvalue weighted by Gasteiger charge is -2.10. The summed E-state index contributed by atoms with van der Waals surface area (Å²) in [4.78, 5) is 26.5. The zero-order chi connectivity index (χ0) is 14.3. The van der Waals surface area contributed by atoms with E-state index in [4.69, 9.17) is 16.2 Å². The number of nitrogens with two attached hydrogens (primary N) is 2. The minimum absolute atomic E-state index is 0.00437. The largest absolute Gasteiger partial charge is 0.384 e. The number of anilines is 2. The number of methoxy groups -OCH3 is 1. The minimum atomic E-state index is -0.642. The van der Waals surface area contributed by atoms with Crippen LogP contribution in [-0.2, 0) is 9.53 Å². The van der Waals surface area contributed by atoms with Crippen LogP contribution in [0.5, 0.6) is 0 Å². The monoisotopic (exact) mass is 267 g/mol. The van der Waals surface area contributed by atoms with E-state index in [1.807, 2.05) is 0 Å². The van der Waals surface area contributed by atoms with Crippen LogP contribution in [0.1, 0.15) is 10.4 Å². The molecule has 0 unspecified atom stereocenters. The third-order valence-electron chi connectivity index (χ3n) is 2.26. The Labute approximate surface area is 110 Å². The number of ether oxygens (including phenoxy) is 1. The predicted octanol–water partition coefficient (Wildman–Crippen LogP) is -1.06. The molecule has 8 nitrogen and oxygen atoms in total. The number of carbonyl (C=O) groups is 2. The standard InChI is InChI=1S/C11H17N5O3/c1-19-3-2-14-10(17)6-15-8-5-16-9(12)4-7(8)11(13)18/h4-5,15H,2-3,6H2,1H3,(H2,12,16)(H2,13,18)(H,14,17). The molecule has 1 heterocycles.